The molecule has 0 aliphatic rings. The number of aliphatic hydroxyl groups is 2. The molecule has 17 heavy (non-hydrogen) atoms. The van der Waals surface area contributed by atoms with E-state index in [0.29, 0.717) is 0 Å². The van der Waals surface area contributed by atoms with Gasteiger partial charge in [0.2, 0.25) is 5.79 Å². The van der Waals surface area contributed by atoms with Gasteiger partial charge in [-0.15, -0.1) is 0 Å². The summed E-state index contributed by atoms with van der Waals surface area (Å²) in [6.07, 6.45) is 3.92. The normalized spacial score (nSPS) is 12.5. The van der Waals surface area contributed by atoms with Crippen molar-refractivity contribution in [1.29, 1.82) is 0 Å². The lowest BCUT2D eigenvalue weighted by molar-refractivity contribution is -0.115. The van der Waals surface area contributed by atoms with Crippen LogP contribution in [0.3, 0.4) is 0 Å². The predicted octanol–water partition coefficient (Wildman–Crippen LogP) is 0.888. The summed E-state index contributed by atoms with van der Waals surface area (Å²) in [5.41, 5.74) is 3.16. The van der Waals surface area contributed by atoms with E-state index in [1.54, 1.807) is 0 Å². The zero-order valence-electron chi connectivity index (χ0n) is 11.2. The largest absolute Gasteiger partial charge is 0.361 e. The van der Waals surface area contributed by atoms with Crippen LogP contribution < -0.4 is 10.7 Å². The van der Waals surface area contributed by atoms with Crippen molar-refractivity contribution in [1.82, 2.24) is 15.8 Å². The summed E-state index contributed by atoms with van der Waals surface area (Å²) in [6.45, 7) is 9.72. The quantitative estimate of drug-likeness (QED) is 0.376. The Kier molecular flexibility index (Phi) is 6.87. The van der Waals surface area contributed by atoms with Crippen molar-refractivity contribution >= 4 is 0 Å². The molecule has 0 saturated heterocycles. The van der Waals surface area contributed by atoms with E-state index in [4.69, 9.17) is 0 Å². The molecule has 0 heterocycles. The minimum atomic E-state index is -1.93. The molecule has 0 aromatic heterocycles. The van der Waals surface area contributed by atoms with Crippen molar-refractivity contribution in [3.05, 3.63) is 24.2 Å². The third-order valence-corrected chi connectivity index (χ3v) is 2.35. The van der Waals surface area contributed by atoms with Crippen LogP contribution in [-0.4, -0.2) is 34.6 Å². The summed E-state index contributed by atoms with van der Waals surface area (Å²) in [5, 5.41) is 23.6. The maximum Gasteiger partial charge on any atom is 0.201 e. The van der Waals surface area contributed by atoms with Gasteiger partial charge in [-0.1, -0.05) is 19.9 Å². The molecule has 5 nitrogen and oxygen atoms in total. The standard InChI is InChI=1S/C12H25N3O2/c1-6-8-9-11(15(7-2)13-5)14-10(3)12(4,16)17/h9,13-14,16-17H,3,6-8H2,1-2,4-5H3/b11-9-. The average Bonchev–Trinajstić information content (AvgIpc) is 2.25. The Morgan fingerprint density at radius 1 is 1.41 bits per heavy atom. The Morgan fingerprint density at radius 2 is 2.00 bits per heavy atom. The molecule has 100 valence electrons. The molecule has 0 amide bonds. The van der Waals surface area contributed by atoms with Gasteiger partial charge in [0.1, 0.15) is 5.82 Å². The van der Waals surface area contributed by atoms with E-state index in [9.17, 15) is 10.2 Å². The minimum Gasteiger partial charge on any atom is -0.361 e. The molecule has 0 rings (SSSR count). The van der Waals surface area contributed by atoms with Crippen LogP contribution in [0.2, 0.25) is 0 Å². The zero-order chi connectivity index (χ0) is 13.5. The van der Waals surface area contributed by atoms with E-state index >= 15 is 0 Å². The number of hydrazine groups is 1. The Bertz CT molecular complexity index is 265. The lowest BCUT2D eigenvalue weighted by Crippen LogP contribution is -2.43. The third kappa shape index (κ3) is 5.72. The first-order valence-corrected chi connectivity index (χ1v) is 5.93. The lowest BCUT2D eigenvalue weighted by atomic mass is 10.2. The highest BCUT2D eigenvalue weighted by atomic mass is 16.5. The number of hydrogen-bond donors (Lipinski definition) is 4. The zero-order valence-corrected chi connectivity index (χ0v) is 11.2. The van der Waals surface area contributed by atoms with E-state index < -0.39 is 5.79 Å². The predicted molar refractivity (Wildman–Crippen MR) is 69.5 cm³/mol. The number of hydrogen-bond acceptors (Lipinski definition) is 5. The van der Waals surface area contributed by atoms with Crippen LogP contribution in [0.1, 0.15) is 33.6 Å². The molecule has 0 saturated carbocycles. The maximum absolute atomic E-state index is 9.42. The molecule has 0 atom stereocenters. The van der Waals surface area contributed by atoms with Crippen LogP contribution in [0.15, 0.2) is 24.2 Å². The first-order valence-electron chi connectivity index (χ1n) is 5.93. The number of rotatable bonds is 8. The summed E-state index contributed by atoms with van der Waals surface area (Å²) >= 11 is 0. The summed E-state index contributed by atoms with van der Waals surface area (Å²) in [7, 11) is 1.81. The van der Waals surface area contributed by atoms with Gasteiger partial charge < -0.3 is 15.5 Å². The van der Waals surface area contributed by atoms with Crippen molar-refractivity contribution < 1.29 is 10.2 Å². The van der Waals surface area contributed by atoms with Gasteiger partial charge in [0.05, 0.1) is 5.70 Å². The fraction of sp³-hybridized carbons (Fsp3) is 0.667. The van der Waals surface area contributed by atoms with Crippen molar-refractivity contribution in [2.75, 3.05) is 13.6 Å². The Hall–Kier alpha value is -1.04. The van der Waals surface area contributed by atoms with Crippen molar-refractivity contribution in [2.45, 2.75) is 39.4 Å². The van der Waals surface area contributed by atoms with Gasteiger partial charge in [0.15, 0.2) is 0 Å². The number of nitrogens with one attached hydrogen (secondary N) is 2. The van der Waals surface area contributed by atoms with Crippen LogP contribution >= 0.6 is 0 Å². The van der Waals surface area contributed by atoms with Crippen LogP contribution in [0.4, 0.5) is 0 Å². The van der Waals surface area contributed by atoms with Crippen LogP contribution in [-0.2, 0) is 0 Å². The molecule has 0 aliphatic carbocycles. The maximum atomic E-state index is 9.42. The average molecular weight is 243 g/mol. The van der Waals surface area contributed by atoms with Gasteiger partial charge in [0, 0.05) is 13.6 Å². The number of allylic oxidation sites excluding steroid dienone is 1. The molecular formula is C12H25N3O2. The second-order valence-corrected chi connectivity index (χ2v) is 3.97. The Balaban J connectivity index is 4.77. The van der Waals surface area contributed by atoms with Crippen molar-refractivity contribution in [3.63, 3.8) is 0 Å². The van der Waals surface area contributed by atoms with E-state index in [1.165, 1.54) is 6.92 Å². The molecule has 0 fully saturated rings. The lowest BCUT2D eigenvalue weighted by Gasteiger charge is -2.29. The first kappa shape index (κ1) is 16.0. The minimum absolute atomic E-state index is 0.147. The Morgan fingerprint density at radius 3 is 2.35 bits per heavy atom. The molecule has 0 bridgehead atoms. The van der Waals surface area contributed by atoms with Crippen LogP contribution in [0, 0.1) is 0 Å². The summed E-state index contributed by atoms with van der Waals surface area (Å²) in [6, 6.07) is 0. The van der Waals surface area contributed by atoms with Crippen molar-refractivity contribution in [3.8, 4) is 0 Å². The van der Waals surface area contributed by atoms with E-state index in [0.717, 1.165) is 25.2 Å². The van der Waals surface area contributed by atoms with Crippen molar-refractivity contribution in [2.24, 2.45) is 0 Å². The van der Waals surface area contributed by atoms with Gasteiger partial charge in [-0.2, -0.15) is 0 Å². The number of unbranched alkanes of at least 4 members (excludes halogenated alkanes) is 1. The topological polar surface area (TPSA) is 67.8 Å². The number of nitrogens with zero attached hydrogens (tertiary/aromatic N) is 1. The van der Waals surface area contributed by atoms with Gasteiger partial charge in [-0.3, -0.25) is 5.01 Å². The second kappa shape index (κ2) is 7.32. The third-order valence-electron chi connectivity index (χ3n) is 2.35. The molecule has 0 radical (unpaired) electrons. The monoisotopic (exact) mass is 243 g/mol. The molecule has 4 N–H and O–H groups in total. The molecule has 0 aromatic rings. The fourth-order valence-corrected chi connectivity index (χ4v) is 1.23. The second-order valence-electron chi connectivity index (χ2n) is 3.97. The van der Waals surface area contributed by atoms with E-state index in [2.05, 4.69) is 24.2 Å². The van der Waals surface area contributed by atoms with Crippen LogP contribution in [0.25, 0.3) is 0 Å². The molecule has 0 aliphatic heterocycles. The van der Waals surface area contributed by atoms with Gasteiger partial charge >= 0.3 is 0 Å². The molecule has 0 aromatic carbocycles. The summed E-state index contributed by atoms with van der Waals surface area (Å²) in [4.78, 5) is 0. The highest BCUT2D eigenvalue weighted by Gasteiger charge is 2.21. The first-order chi connectivity index (χ1) is 7.86. The molecule has 5 heteroatoms. The Labute approximate surface area is 104 Å². The smallest absolute Gasteiger partial charge is 0.201 e. The summed E-state index contributed by atoms with van der Waals surface area (Å²) in [5.74, 6) is -1.16. The van der Waals surface area contributed by atoms with Crippen LogP contribution in [0.5, 0.6) is 0 Å². The molecule has 0 spiro atoms. The highest BCUT2D eigenvalue weighted by Crippen LogP contribution is 2.11. The van der Waals surface area contributed by atoms with E-state index in [1.807, 2.05) is 25.1 Å². The van der Waals surface area contributed by atoms with E-state index in [-0.39, 0.29) is 5.70 Å². The summed E-state index contributed by atoms with van der Waals surface area (Å²) < 4.78 is 0. The molecular weight excluding hydrogens is 218 g/mol. The van der Waals surface area contributed by atoms with Gasteiger partial charge in [0.25, 0.3) is 0 Å². The highest BCUT2D eigenvalue weighted by molar-refractivity contribution is 5.12. The van der Waals surface area contributed by atoms with Gasteiger partial charge in [-0.05, 0) is 26.3 Å². The van der Waals surface area contributed by atoms with Gasteiger partial charge in [-0.25, -0.2) is 5.43 Å². The SMILES string of the molecule is C=C(N/C(=C/CCC)N(CC)NC)C(C)(O)O. The fourth-order valence-electron chi connectivity index (χ4n) is 1.23. The molecule has 0 unspecified atom stereocenters.